The number of hydrogen-bond donors (Lipinski definition) is 1. The maximum Gasteiger partial charge on any atom is 0.174 e. The lowest BCUT2D eigenvalue weighted by Crippen LogP contribution is -2.30. The van der Waals surface area contributed by atoms with E-state index in [0.29, 0.717) is 16.8 Å². The summed E-state index contributed by atoms with van der Waals surface area (Å²) in [6.07, 6.45) is 4.23. The highest BCUT2D eigenvalue weighted by Crippen LogP contribution is 2.46. The van der Waals surface area contributed by atoms with E-state index in [1.807, 2.05) is 29.2 Å². The van der Waals surface area contributed by atoms with E-state index < -0.39 is 0 Å². The summed E-state index contributed by atoms with van der Waals surface area (Å²) in [4.78, 5) is 6.50. The van der Waals surface area contributed by atoms with Crippen LogP contribution in [0.3, 0.4) is 0 Å². The molecule has 2 aromatic heterocycles. The summed E-state index contributed by atoms with van der Waals surface area (Å²) in [7, 11) is 0. The van der Waals surface area contributed by atoms with Crippen LogP contribution >= 0.6 is 12.2 Å². The summed E-state index contributed by atoms with van der Waals surface area (Å²) < 4.78 is 17.2. The summed E-state index contributed by atoms with van der Waals surface area (Å²) in [6.45, 7) is 4.32. The Labute approximate surface area is 175 Å². The second kappa shape index (κ2) is 6.95. The molecular weight excluding hydrogens is 383 g/mol. The predicted octanol–water partition coefficient (Wildman–Crippen LogP) is 5.15. The Bertz CT molecular complexity index is 1070. The van der Waals surface area contributed by atoms with Crippen molar-refractivity contribution < 1.29 is 4.39 Å². The summed E-state index contributed by atoms with van der Waals surface area (Å²) in [5.41, 5.74) is 5.02. The number of para-hydroxylation sites is 1. The average molecular weight is 407 g/mol. The number of nitrogens with one attached hydrogen (secondary N) is 1. The van der Waals surface area contributed by atoms with Crippen molar-refractivity contribution in [2.45, 2.75) is 44.8 Å². The third-order valence-corrected chi connectivity index (χ3v) is 6.28. The van der Waals surface area contributed by atoms with Gasteiger partial charge in [-0.2, -0.15) is 0 Å². The van der Waals surface area contributed by atoms with E-state index in [1.165, 1.54) is 35.9 Å². The summed E-state index contributed by atoms with van der Waals surface area (Å²) in [6, 6.07) is 15.2. The molecule has 2 atom stereocenters. The van der Waals surface area contributed by atoms with Gasteiger partial charge in [-0.05, 0) is 74.8 Å². The minimum Gasteiger partial charge on any atom is -0.351 e. The Morgan fingerprint density at radius 3 is 2.55 bits per heavy atom. The van der Waals surface area contributed by atoms with Gasteiger partial charge in [-0.1, -0.05) is 18.2 Å². The van der Waals surface area contributed by atoms with Crippen molar-refractivity contribution in [3.05, 3.63) is 83.2 Å². The van der Waals surface area contributed by atoms with Crippen LogP contribution in [0, 0.1) is 19.7 Å². The molecule has 3 aromatic rings. The van der Waals surface area contributed by atoms with Crippen molar-refractivity contribution in [3.63, 3.8) is 0 Å². The van der Waals surface area contributed by atoms with Crippen molar-refractivity contribution in [1.82, 2.24) is 14.9 Å². The number of nitrogens with zero attached hydrogens (tertiary/aromatic N) is 3. The minimum atomic E-state index is -0.278. The van der Waals surface area contributed by atoms with Gasteiger partial charge in [0.2, 0.25) is 0 Å². The smallest absolute Gasteiger partial charge is 0.174 e. The van der Waals surface area contributed by atoms with Crippen LogP contribution in [0.1, 0.15) is 53.6 Å². The fourth-order valence-electron chi connectivity index (χ4n) is 4.57. The van der Waals surface area contributed by atoms with Gasteiger partial charge < -0.3 is 14.8 Å². The van der Waals surface area contributed by atoms with E-state index in [2.05, 4.69) is 34.8 Å². The van der Waals surface area contributed by atoms with Gasteiger partial charge in [0, 0.05) is 23.6 Å². The molecule has 3 heterocycles. The maximum absolute atomic E-state index is 14.8. The molecule has 5 rings (SSSR count). The fourth-order valence-corrected chi connectivity index (χ4v) is 4.91. The van der Waals surface area contributed by atoms with Gasteiger partial charge in [-0.15, -0.1) is 0 Å². The van der Waals surface area contributed by atoms with Crippen LogP contribution in [0.5, 0.6) is 0 Å². The van der Waals surface area contributed by atoms with Crippen molar-refractivity contribution in [3.8, 4) is 0 Å². The summed E-state index contributed by atoms with van der Waals surface area (Å²) in [5.74, 6) is -0.278. The zero-order valence-corrected chi connectivity index (χ0v) is 17.3. The Morgan fingerprint density at radius 1 is 1.10 bits per heavy atom. The van der Waals surface area contributed by atoms with Crippen LogP contribution in [0.15, 0.2) is 54.7 Å². The molecule has 2 fully saturated rings. The number of rotatable bonds is 4. The topological polar surface area (TPSA) is 33.1 Å². The molecule has 1 aliphatic carbocycles. The van der Waals surface area contributed by atoms with Gasteiger partial charge in [0.15, 0.2) is 5.11 Å². The highest BCUT2D eigenvalue weighted by Gasteiger charge is 2.43. The van der Waals surface area contributed by atoms with E-state index >= 15 is 0 Å². The molecule has 2 aliphatic rings. The van der Waals surface area contributed by atoms with E-state index in [4.69, 9.17) is 12.2 Å². The summed E-state index contributed by atoms with van der Waals surface area (Å²) >= 11 is 5.70. The molecule has 1 N–H and O–H groups in total. The number of pyridine rings is 1. The van der Waals surface area contributed by atoms with Crippen LogP contribution in [0.25, 0.3) is 0 Å². The van der Waals surface area contributed by atoms with Gasteiger partial charge in [-0.25, -0.2) is 4.39 Å². The van der Waals surface area contributed by atoms with E-state index in [9.17, 15) is 4.39 Å². The molecule has 0 bridgehead atoms. The molecule has 0 radical (unpaired) electrons. The van der Waals surface area contributed by atoms with E-state index in [0.717, 1.165) is 5.69 Å². The number of benzene rings is 1. The first kappa shape index (κ1) is 18.3. The number of thiocarbonyl (C=S) groups is 1. The van der Waals surface area contributed by atoms with Gasteiger partial charge in [0.1, 0.15) is 5.82 Å². The molecule has 4 nitrogen and oxygen atoms in total. The molecule has 1 saturated carbocycles. The van der Waals surface area contributed by atoms with Crippen LogP contribution in [-0.4, -0.2) is 14.7 Å². The second-order valence-electron chi connectivity index (χ2n) is 7.88. The molecule has 0 unspecified atom stereocenters. The van der Waals surface area contributed by atoms with Gasteiger partial charge in [0.05, 0.1) is 23.5 Å². The van der Waals surface area contributed by atoms with E-state index in [1.54, 1.807) is 18.3 Å². The van der Waals surface area contributed by atoms with Crippen LogP contribution in [0.2, 0.25) is 0 Å². The van der Waals surface area contributed by atoms with Crippen LogP contribution < -0.4 is 10.2 Å². The zero-order chi connectivity index (χ0) is 20.1. The Morgan fingerprint density at radius 2 is 1.86 bits per heavy atom. The molecule has 1 aromatic carbocycles. The highest BCUT2D eigenvalue weighted by molar-refractivity contribution is 7.80. The van der Waals surface area contributed by atoms with Gasteiger partial charge >= 0.3 is 0 Å². The summed E-state index contributed by atoms with van der Waals surface area (Å²) in [5, 5.41) is 3.93. The quantitative estimate of drug-likeness (QED) is 0.608. The highest BCUT2D eigenvalue weighted by atomic mass is 32.1. The first-order chi connectivity index (χ1) is 14.1. The third-order valence-electron chi connectivity index (χ3n) is 5.96. The SMILES string of the molecule is Cc1cc([C@@H]2[C@@H](c3ccccn3)NC(=S)N2c2ccccc2F)c(C)n1C1CC1. The van der Waals surface area contributed by atoms with Crippen LogP contribution in [0.4, 0.5) is 10.1 Å². The van der Waals surface area contributed by atoms with Gasteiger partial charge in [-0.3, -0.25) is 4.98 Å². The van der Waals surface area contributed by atoms with Crippen molar-refractivity contribution in [2.24, 2.45) is 0 Å². The number of anilines is 1. The molecule has 0 amide bonds. The lowest BCUT2D eigenvalue weighted by Gasteiger charge is -2.28. The lowest BCUT2D eigenvalue weighted by atomic mass is 9.96. The lowest BCUT2D eigenvalue weighted by molar-refractivity contribution is 0.553. The minimum absolute atomic E-state index is 0.156. The molecular formula is C23H23FN4S. The Balaban J connectivity index is 1.68. The first-order valence-corrected chi connectivity index (χ1v) is 10.4. The molecule has 1 aliphatic heterocycles. The number of hydrogen-bond acceptors (Lipinski definition) is 2. The first-order valence-electron chi connectivity index (χ1n) is 9.99. The van der Waals surface area contributed by atoms with E-state index in [-0.39, 0.29) is 17.9 Å². The standard InChI is InChI=1S/C23H23FN4S/c1-14-13-17(15(2)27(14)16-10-11-16)22-21(19-8-5-6-12-25-19)26-23(29)28(22)20-9-4-3-7-18(20)24/h3-9,12-13,16,21-22H,10-11H2,1-2H3,(H,26,29)/t21-,22-/m1/s1. The normalized spacial score (nSPS) is 21.5. The number of aryl methyl sites for hydroxylation is 1. The number of aromatic nitrogens is 2. The number of halogens is 1. The van der Waals surface area contributed by atoms with Crippen molar-refractivity contribution in [2.75, 3.05) is 4.90 Å². The fraction of sp³-hybridized carbons (Fsp3) is 0.304. The van der Waals surface area contributed by atoms with Crippen molar-refractivity contribution >= 4 is 23.0 Å². The van der Waals surface area contributed by atoms with Crippen LogP contribution in [-0.2, 0) is 0 Å². The molecule has 1 saturated heterocycles. The zero-order valence-electron chi connectivity index (χ0n) is 16.5. The molecule has 0 spiro atoms. The largest absolute Gasteiger partial charge is 0.351 e. The third kappa shape index (κ3) is 3.02. The second-order valence-corrected chi connectivity index (χ2v) is 8.26. The van der Waals surface area contributed by atoms with Gasteiger partial charge in [0.25, 0.3) is 0 Å². The molecule has 29 heavy (non-hydrogen) atoms. The Hall–Kier alpha value is -2.73. The average Bonchev–Trinajstić information content (AvgIpc) is 3.43. The molecule has 6 heteroatoms. The van der Waals surface area contributed by atoms with Crippen molar-refractivity contribution in [1.29, 1.82) is 0 Å². The Kier molecular flexibility index (Phi) is 4.39. The molecule has 148 valence electrons. The maximum atomic E-state index is 14.8. The predicted molar refractivity (Wildman–Crippen MR) is 117 cm³/mol. The monoisotopic (exact) mass is 406 g/mol.